The minimum atomic E-state index is -4.43. The summed E-state index contributed by atoms with van der Waals surface area (Å²) in [6.45, 7) is 3.40. The largest absolute Gasteiger partial charge is 0.472 e. The third-order valence-electron chi connectivity index (χ3n) is 3.31. The summed E-state index contributed by atoms with van der Waals surface area (Å²) in [6, 6.07) is 1.59. The summed E-state index contributed by atoms with van der Waals surface area (Å²) < 4.78 is 43.3. The molecule has 1 N–H and O–H groups in total. The van der Waals surface area contributed by atoms with Crippen LogP contribution in [0.15, 0.2) is 18.3 Å². The van der Waals surface area contributed by atoms with Crippen molar-refractivity contribution >= 4 is 6.03 Å². The Morgan fingerprint density at radius 2 is 2.32 bits per heavy atom. The number of urea groups is 1. The van der Waals surface area contributed by atoms with Gasteiger partial charge in [-0.25, -0.2) is 9.78 Å². The van der Waals surface area contributed by atoms with Crippen LogP contribution in [0.25, 0.3) is 0 Å². The standard InChI is InChI=1S/C14H18F3N3O2/c1-2-5-19-13(21)20-7-4-11(9-20)22-12-8-10(3-6-18-12)14(15,16)17/h3,6,8,11H,2,4-5,7,9H2,1H3,(H,19,21). The van der Waals surface area contributed by atoms with E-state index >= 15 is 0 Å². The van der Waals surface area contributed by atoms with Crippen LogP contribution in [0.1, 0.15) is 25.3 Å². The Labute approximate surface area is 126 Å². The molecule has 1 aliphatic rings. The Morgan fingerprint density at radius 1 is 1.55 bits per heavy atom. The molecule has 1 fully saturated rings. The number of alkyl halides is 3. The summed E-state index contributed by atoms with van der Waals surface area (Å²) in [7, 11) is 0. The van der Waals surface area contributed by atoms with Crippen molar-refractivity contribution in [1.29, 1.82) is 0 Å². The Balaban J connectivity index is 1.92. The first-order chi connectivity index (χ1) is 10.4. The number of aromatic nitrogens is 1. The molecular formula is C14H18F3N3O2. The van der Waals surface area contributed by atoms with Gasteiger partial charge in [0.15, 0.2) is 0 Å². The maximum atomic E-state index is 12.6. The molecule has 0 saturated carbocycles. The molecule has 2 amide bonds. The number of ether oxygens (including phenoxy) is 1. The number of hydrogen-bond donors (Lipinski definition) is 1. The van der Waals surface area contributed by atoms with E-state index in [-0.39, 0.29) is 18.0 Å². The highest BCUT2D eigenvalue weighted by Crippen LogP contribution is 2.30. The van der Waals surface area contributed by atoms with Crippen molar-refractivity contribution < 1.29 is 22.7 Å². The van der Waals surface area contributed by atoms with Crippen LogP contribution in [-0.2, 0) is 6.18 Å². The molecule has 2 heterocycles. The lowest BCUT2D eigenvalue weighted by molar-refractivity contribution is -0.137. The second-order valence-corrected chi connectivity index (χ2v) is 5.09. The van der Waals surface area contributed by atoms with E-state index < -0.39 is 11.7 Å². The van der Waals surface area contributed by atoms with Gasteiger partial charge in [-0.15, -0.1) is 0 Å². The highest BCUT2D eigenvalue weighted by Gasteiger charge is 2.32. The van der Waals surface area contributed by atoms with E-state index in [1.54, 1.807) is 4.90 Å². The van der Waals surface area contributed by atoms with Gasteiger partial charge in [0.1, 0.15) is 6.10 Å². The molecule has 0 aliphatic carbocycles. The van der Waals surface area contributed by atoms with Crippen LogP contribution in [-0.4, -0.2) is 41.7 Å². The first-order valence-corrected chi connectivity index (χ1v) is 7.13. The maximum absolute atomic E-state index is 12.6. The number of amides is 2. The highest BCUT2D eigenvalue weighted by atomic mass is 19.4. The lowest BCUT2D eigenvalue weighted by Gasteiger charge is -2.17. The number of likely N-dealkylation sites (tertiary alicyclic amines) is 1. The number of nitrogens with zero attached hydrogens (tertiary/aromatic N) is 2. The van der Waals surface area contributed by atoms with E-state index in [2.05, 4.69) is 10.3 Å². The van der Waals surface area contributed by atoms with E-state index in [0.29, 0.717) is 26.1 Å². The predicted molar refractivity (Wildman–Crippen MR) is 73.5 cm³/mol. The normalized spacial score (nSPS) is 18.4. The van der Waals surface area contributed by atoms with Gasteiger partial charge in [0.05, 0.1) is 12.1 Å². The number of hydrogen-bond acceptors (Lipinski definition) is 3. The summed E-state index contributed by atoms with van der Waals surface area (Å²) in [4.78, 5) is 17.2. The maximum Gasteiger partial charge on any atom is 0.416 e. The van der Waals surface area contributed by atoms with Gasteiger partial charge in [0.25, 0.3) is 0 Å². The molecule has 122 valence electrons. The van der Waals surface area contributed by atoms with Gasteiger partial charge in [0.2, 0.25) is 5.88 Å². The molecule has 1 saturated heterocycles. The molecule has 1 unspecified atom stereocenters. The first kappa shape index (κ1) is 16.4. The van der Waals surface area contributed by atoms with Crippen molar-refractivity contribution in [3.05, 3.63) is 23.9 Å². The molecule has 1 atom stereocenters. The third kappa shape index (κ3) is 4.25. The number of pyridine rings is 1. The zero-order valence-corrected chi connectivity index (χ0v) is 12.2. The van der Waals surface area contributed by atoms with Gasteiger partial charge >= 0.3 is 12.2 Å². The Hall–Kier alpha value is -1.99. The van der Waals surface area contributed by atoms with Crippen molar-refractivity contribution in [3.8, 4) is 5.88 Å². The molecule has 1 aromatic rings. The molecule has 0 bridgehead atoms. The summed E-state index contributed by atoms with van der Waals surface area (Å²) in [5.41, 5.74) is -0.798. The van der Waals surface area contributed by atoms with Gasteiger partial charge in [-0.3, -0.25) is 0 Å². The lowest BCUT2D eigenvalue weighted by atomic mass is 10.2. The van der Waals surface area contributed by atoms with Gasteiger partial charge in [-0.2, -0.15) is 13.2 Å². The van der Waals surface area contributed by atoms with Gasteiger partial charge in [-0.05, 0) is 12.5 Å². The Kier molecular flexibility index (Phi) is 5.10. The van der Waals surface area contributed by atoms with E-state index in [1.165, 1.54) is 0 Å². The van der Waals surface area contributed by atoms with Crippen LogP contribution in [0.5, 0.6) is 5.88 Å². The van der Waals surface area contributed by atoms with Crippen molar-refractivity contribution in [1.82, 2.24) is 15.2 Å². The molecule has 1 aliphatic heterocycles. The third-order valence-corrected chi connectivity index (χ3v) is 3.31. The second-order valence-electron chi connectivity index (χ2n) is 5.09. The van der Waals surface area contributed by atoms with Crippen molar-refractivity contribution in [2.45, 2.75) is 32.0 Å². The number of halogens is 3. The molecule has 1 aromatic heterocycles. The summed E-state index contributed by atoms with van der Waals surface area (Å²) in [5, 5.41) is 2.75. The van der Waals surface area contributed by atoms with Crippen molar-refractivity contribution in [2.24, 2.45) is 0 Å². The van der Waals surface area contributed by atoms with Crippen LogP contribution in [0.2, 0.25) is 0 Å². The molecule has 0 aromatic carbocycles. The van der Waals surface area contributed by atoms with E-state index in [9.17, 15) is 18.0 Å². The van der Waals surface area contributed by atoms with Crippen LogP contribution in [0.3, 0.4) is 0 Å². The Morgan fingerprint density at radius 3 is 3.00 bits per heavy atom. The van der Waals surface area contributed by atoms with Crippen molar-refractivity contribution in [3.63, 3.8) is 0 Å². The predicted octanol–water partition coefficient (Wildman–Crippen LogP) is 2.67. The number of nitrogens with one attached hydrogen (secondary N) is 1. The minimum absolute atomic E-state index is 0.0735. The van der Waals surface area contributed by atoms with Gasteiger partial charge in [-0.1, -0.05) is 6.92 Å². The van der Waals surface area contributed by atoms with Gasteiger partial charge in [0, 0.05) is 31.8 Å². The van der Waals surface area contributed by atoms with E-state index in [1.807, 2.05) is 6.92 Å². The zero-order chi connectivity index (χ0) is 16.2. The number of rotatable bonds is 4. The van der Waals surface area contributed by atoms with Gasteiger partial charge < -0.3 is 15.0 Å². The monoisotopic (exact) mass is 317 g/mol. The highest BCUT2D eigenvalue weighted by molar-refractivity contribution is 5.74. The summed E-state index contributed by atoms with van der Waals surface area (Å²) in [5.74, 6) is -0.0735. The quantitative estimate of drug-likeness (QED) is 0.929. The van der Waals surface area contributed by atoms with E-state index in [4.69, 9.17) is 4.74 Å². The molecule has 0 spiro atoms. The van der Waals surface area contributed by atoms with Crippen molar-refractivity contribution in [2.75, 3.05) is 19.6 Å². The molecule has 5 nitrogen and oxygen atoms in total. The topological polar surface area (TPSA) is 54.5 Å². The number of carbonyl (C=O) groups is 1. The van der Waals surface area contributed by atoms with Crippen LogP contribution < -0.4 is 10.1 Å². The Bertz CT molecular complexity index is 522. The van der Waals surface area contributed by atoms with Crippen LogP contribution >= 0.6 is 0 Å². The lowest BCUT2D eigenvalue weighted by Crippen LogP contribution is -2.39. The van der Waals surface area contributed by atoms with Crippen LogP contribution in [0.4, 0.5) is 18.0 Å². The number of carbonyl (C=O) groups excluding carboxylic acids is 1. The average molecular weight is 317 g/mol. The smallest absolute Gasteiger partial charge is 0.416 e. The average Bonchev–Trinajstić information content (AvgIpc) is 2.92. The molecule has 22 heavy (non-hydrogen) atoms. The zero-order valence-electron chi connectivity index (χ0n) is 12.2. The summed E-state index contributed by atoms with van der Waals surface area (Å²) in [6.07, 6.45) is -2.30. The fourth-order valence-electron chi connectivity index (χ4n) is 2.17. The molecule has 0 radical (unpaired) electrons. The second kappa shape index (κ2) is 6.85. The van der Waals surface area contributed by atoms with E-state index in [0.717, 1.165) is 24.8 Å². The fraction of sp³-hybridized carbons (Fsp3) is 0.571. The molecule has 2 rings (SSSR count). The SMILES string of the molecule is CCCNC(=O)N1CCC(Oc2cc(C(F)(F)F)ccn2)C1. The van der Waals surface area contributed by atoms with Crippen LogP contribution in [0, 0.1) is 0 Å². The first-order valence-electron chi connectivity index (χ1n) is 7.13. The molecular weight excluding hydrogens is 299 g/mol. The molecule has 8 heteroatoms. The summed E-state index contributed by atoms with van der Waals surface area (Å²) >= 11 is 0. The minimum Gasteiger partial charge on any atom is -0.472 e. The fourth-order valence-corrected chi connectivity index (χ4v) is 2.17.